The largest absolute Gasteiger partial charge is 2.00 e. The average Bonchev–Trinajstić information content (AvgIpc) is 3.21. The van der Waals surface area contributed by atoms with Gasteiger partial charge in [0.2, 0.25) is 0 Å². The molecule has 0 heterocycles. The molecule has 2 nitrogen and oxygen atoms in total. The molecule has 0 aliphatic carbocycles. The predicted molar refractivity (Wildman–Crippen MR) is 92.2 cm³/mol. The minimum absolute atomic E-state index is 0. The smallest absolute Gasteiger partial charge is 0.313 e. The molecule has 0 aliphatic rings. The summed E-state index contributed by atoms with van der Waals surface area (Å²) >= 11 is 0. The maximum absolute atomic E-state index is 13.7. The van der Waals surface area contributed by atoms with E-state index in [0.717, 1.165) is 24.0 Å². The second-order valence-electron chi connectivity index (χ2n) is 5.57. The summed E-state index contributed by atoms with van der Waals surface area (Å²) in [6.07, 6.45) is 0.729. The van der Waals surface area contributed by atoms with E-state index in [1.54, 1.807) is 6.07 Å². The van der Waals surface area contributed by atoms with Gasteiger partial charge in [-0.2, -0.15) is 18.2 Å². The van der Waals surface area contributed by atoms with Gasteiger partial charge in [0, 0.05) is 0 Å². The van der Waals surface area contributed by atoms with Crippen LogP contribution in [0.4, 0.5) is 4.39 Å². The van der Waals surface area contributed by atoms with Crippen molar-refractivity contribution in [2.24, 2.45) is 0 Å². The first-order valence-corrected chi connectivity index (χ1v) is 7.42. The Morgan fingerprint density at radius 3 is 2.46 bits per heavy atom. The maximum atomic E-state index is 13.7. The number of carbonyl (C=O) groups is 1. The molecule has 0 N–H and O–H groups in total. The summed E-state index contributed by atoms with van der Waals surface area (Å²) in [4.78, 5) is 12.8. The average molecular weight is 365 g/mol. The van der Waals surface area contributed by atoms with Crippen molar-refractivity contribution in [3.8, 4) is 11.1 Å². The molecule has 0 unspecified atom stereocenters. The first kappa shape index (κ1) is 20.0. The zero-order valence-corrected chi connectivity index (χ0v) is 14.8. The number of carbonyl (C=O) groups excluding carboxylic acids is 1. The number of benzene rings is 1. The molecule has 3 aromatic carbocycles. The van der Waals surface area contributed by atoms with E-state index in [1.807, 2.05) is 62.6 Å². The van der Waals surface area contributed by atoms with Crippen LogP contribution in [0.1, 0.15) is 15.9 Å². The minimum Gasteiger partial charge on any atom is -0.313 e. The van der Waals surface area contributed by atoms with E-state index >= 15 is 0 Å². The Morgan fingerprint density at radius 1 is 1.21 bits per heavy atom. The quantitative estimate of drug-likeness (QED) is 0.386. The van der Waals surface area contributed by atoms with Gasteiger partial charge >= 0.3 is 17.1 Å². The van der Waals surface area contributed by atoms with Crippen molar-refractivity contribution >= 4 is 6.29 Å². The summed E-state index contributed by atoms with van der Waals surface area (Å²) in [5.41, 5.74) is 2.91. The molecule has 126 valence electrons. The Balaban J connectivity index is 0.000000412. The van der Waals surface area contributed by atoms with Gasteiger partial charge < -0.3 is 4.90 Å². The number of rotatable bonds is 4. The number of hydrogen-bond donors (Lipinski definition) is 0. The van der Waals surface area contributed by atoms with E-state index in [2.05, 4.69) is 4.90 Å². The normalized spacial score (nSPS) is 9.83. The molecule has 0 aromatic heterocycles. The predicted octanol–water partition coefficient (Wildman–Crippen LogP) is 4.49. The first-order valence-electron chi connectivity index (χ1n) is 7.42. The van der Waals surface area contributed by atoms with Gasteiger partial charge in [-0.3, -0.25) is 9.18 Å². The molecule has 0 radical (unpaired) electrons. The summed E-state index contributed by atoms with van der Waals surface area (Å²) in [6, 6.07) is 20.2. The van der Waals surface area contributed by atoms with Crippen LogP contribution in [0.2, 0.25) is 0 Å². The number of hydrogen-bond acceptors (Lipinski definition) is 2. The zero-order valence-electron chi connectivity index (χ0n) is 13.7. The SMILES string of the molecule is CN(C)Cc1cc[c-](-c2cc(C=O)ccc2F)c1.[Fe+2].c1cc[cH-]c1. The van der Waals surface area contributed by atoms with E-state index in [4.69, 9.17) is 0 Å². The van der Waals surface area contributed by atoms with Crippen molar-refractivity contribution in [2.45, 2.75) is 6.54 Å². The van der Waals surface area contributed by atoms with E-state index in [-0.39, 0.29) is 22.9 Å². The molecule has 3 rings (SSSR count). The topological polar surface area (TPSA) is 20.3 Å². The second kappa shape index (κ2) is 9.99. The number of nitrogens with zero attached hydrogens (tertiary/aromatic N) is 1. The zero-order chi connectivity index (χ0) is 16.7. The number of aldehydes is 1. The van der Waals surface area contributed by atoms with Crippen LogP contribution in [-0.4, -0.2) is 25.3 Å². The monoisotopic (exact) mass is 365 g/mol. The third kappa shape index (κ3) is 5.89. The Bertz CT molecular complexity index is 715. The van der Waals surface area contributed by atoms with Crippen LogP contribution in [-0.2, 0) is 23.6 Å². The Hall–Kier alpha value is -2.00. The molecular formula is C20H20FFeNO. The fourth-order valence-corrected chi connectivity index (χ4v) is 2.28. The maximum Gasteiger partial charge on any atom is 2.00 e. The van der Waals surface area contributed by atoms with Crippen molar-refractivity contribution in [3.63, 3.8) is 0 Å². The van der Waals surface area contributed by atoms with Crippen LogP contribution < -0.4 is 0 Å². The summed E-state index contributed by atoms with van der Waals surface area (Å²) in [6.45, 7) is 0.814. The summed E-state index contributed by atoms with van der Waals surface area (Å²) in [5.74, 6) is -0.303. The third-order valence-electron chi connectivity index (χ3n) is 3.31. The van der Waals surface area contributed by atoms with Crippen LogP contribution in [0.3, 0.4) is 0 Å². The molecular weight excluding hydrogens is 345 g/mol. The van der Waals surface area contributed by atoms with Crippen molar-refractivity contribution in [1.82, 2.24) is 4.90 Å². The molecule has 0 amide bonds. The third-order valence-corrected chi connectivity index (χ3v) is 3.31. The minimum atomic E-state index is -0.303. The molecule has 0 fully saturated rings. The summed E-state index contributed by atoms with van der Waals surface area (Å²) in [5, 5.41) is 0. The van der Waals surface area contributed by atoms with Gasteiger partial charge in [0.1, 0.15) is 6.29 Å². The van der Waals surface area contributed by atoms with Gasteiger partial charge in [0.15, 0.2) is 0 Å². The standard InChI is InChI=1S/C15H15FNO.C5H5.Fe/c1-17(2)9-11-3-5-13(7-11)14-8-12(10-18)4-6-15(14)16;1-2-4-5-3-1;/h3-8,10H,9H2,1-2H3;1-5H;/q2*-1;+2. The van der Waals surface area contributed by atoms with Crippen LogP contribution >= 0.6 is 0 Å². The van der Waals surface area contributed by atoms with E-state index in [1.165, 1.54) is 12.1 Å². The fourth-order valence-electron chi connectivity index (χ4n) is 2.28. The fraction of sp³-hybridized carbons (Fsp3) is 0.150. The Morgan fingerprint density at radius 2 is 1.92 bits per heavy atom. The molecule has 4 heteroatoms. The second-order valence-corrected chi connectivity index (χ2v) is 5.57. The van der Waals surface area contributed by atoms with Gasteiger partial charge in [-0.1, -0.05) is 23.3 Å². The van der Waals surface area contributed by atoms with Gasteiger partial charge in [0.25, 0.3) is 0 Å². The van der Waals surface area contributed by atoms with Crippen LogP contribution in [0.25, 0.3) is 11.1 Å². The van der Waals surface area contributed by atoms with Crippen molar-refractivity contribution in [3.05, 3.63) is 83.7 Å². The molecule has 0 saturated carbocycles. The summed E-state index contributed by atoms with van der Waals surface area (Å²) < 4.78 is 13.7. The van der Waals surface area contributed by atoms with Crippen molar-refractivity contribution in [1.29, 1.82) is 0 Å². The van der Waals surface area contributed by atoms with E-state index in [0.29, 0.717) is 11.1 Å². The van der Waals surface area contributed by atoms with Gasteiger partial charge in [-0.05, 0) is 26.2 Å². The van der Waals surface area contributed by atoms with E-state index < -0.39 is 0 Å². The molecule has 0 bridgehead atoms. The Kier molecular flexibility index (Phi) is 8.34. The van der Waals surface area contributed by atoms with E-state index in [9.17, 15) is 9.18 Å². The van der Waals surface area contributed by atoms with Crippen molar-refractivity contribution in [2.75, 3.05) is 14.1 Å². The molecule has 0 aliphatic heterocycles. The molecule has 24 heavy (non-hydrogen) atoms. The van der Waals surface area contributed by atoms with Gasteiger partial charge in [0.05, 0.1) is 5.82 Å². The molecule has 3 aromatic rings. The summed E-state index contributed by atoms with van der Waals surface area (Å²) in [7, 11) is 3.97. The van der Waals surface area contributed by atoms with Crippen LogP contribution in [0.15, 0.2) is 66.7 Å². The van der Waals surface area contributed by atoms with Gasteiger partial charge in [-0.15, -0.1) is 29.8 Å². The molecule has 0 spiro atoms. The molecule has 0 atom stereocenters. The van der Waals surface area contributed by atoms with Crippen LogP contribution in [0, 0.1) is 5.82 Å². The van der Waals surface area contributed by atoms with Crippen molar-refractivity contribution < 1.29 is 26.3 Å². The Labute approximate surface area is 153 Å². The first-order chi connectivity index (χ1) is 11.1. The van der Waals surface area contributed by atoms with Crippen LogP contribution in [0.5, 0.6) is 0 Å². The number of halogens is 1. The van der Waals surface area contributed by atoms with Gasteiger partial charge in [-0.25, -0.2) is 12.1 Å². The molecule has 0 saturated heterocycles.